The van der Waals surface area contributed by atoms with E-state index in [9.17, 15) is 4.79 Å². The Hall–Kier alpha value is -0.870. The first-order valence-corrected chi connectivity index (χ1v) is 6.97. The Bertz CT molecular complexity index is 408. The summed E-state index contributed by atoms with van der Waals surface area (Å²) < 4.78 is 0. The molecule has 1 aromatic heterocycles. The number of aryl methyl sites for hydroxylation is 2. The van der Waals surface area contributed by atoms with Gasteiger partial charge < -0.3 is 10.4 Å². The van der Waals surface area contributed by atoms with Crippen LogP contribution in [0.1, 0.15) is 39.9 Å². The van der Waals surface area contributed by atoms with Gasteiger partial charge in [0.2, 0.25) is 0 Å². The number of amides is 1. The molecular formula is C13H19NO2S. The van der Waals surface area contributed by atoms with Gasteiger partial charge in [0.25, 0.3) is 5.91 Å². The van der Waals surface area contributed by atoms with Crippen LogP contribution in [-0.2, 0) is 6.42 Å². The van der Waals surface area contributed by atoms with Crippen LogP contribution in [0.15, 0.2) is 6.07 Å². The Morgan fingerprint density at radius 2 is 2.29 bits per heavy atom. The van der Waals surface area contributed by atoms with E-state index in [0.29, 0.717) is 12.5 Å². The molecule has 1 fully saturated rings. The van der Waals surface area contributed by atoms with Crippen molar-refractivity contribution >= 4 is 17.2 Å². The number of rotatable bonds is 4. The van der Waals surface area contributed by atoms with Gasteiger partial charge in [-0.3, -0.25) is 4.79 Å². The molecule has 4 heteroatoms. The molecule has 3 nitrogen and oxygen atoms in total. The molecule has 1 aliphatic rings. The van der Waals surface area contributed by atoms with E-state index in [0.717, 1.165) is 24.1 Å². The van der Waals surface area contributed by atoms with Gasteiger partial charge in [-0.15, -0.1) is 11.3 Å². The van der Waals surface area contributed by atoms with Crippen molar-refractivity contribution in [3.05, 3.63) is 21.4 Å². The Labute approximate surface area is 106 Å². The molecule has 1 heterocycles. The molecule has 2 N–H and O–H groups in total. The monoisotopic (exact) mass is 253 g/mol. The first kappa shape index (κ1) is 12.6. The Morgan fingerprint density at radius 3 is 2.82 bits per heavy atom. The van der Waals surface area contributed by atoms with Crippen molar-refractivity contribution in [2.45, 2.75) is 39.2 Å². The number of carbonyl (C=O) groups is 1. The van der Waals surface area contributed by atoms with Crippen molar-refractivity contribution in [2.75, 3.05) is 6.54 Å². The molecule has 0 radical (unpaired) electrons. The minimum atomic E-state index is -0.146. The van der Waals surface area contributed by atoms with Crippen LogP contribution < -0.4 is 5.32 Å². The van der Waals surface area contributed by atoms with E-state index in [-0.39, 0.29) is 12.0 Å². The highest BCUT2D eigenvalue weighted by Crippen LogP contribution is 2.26. The zero-order chi connectivity index (χ0) is 12.4. The predicted octanol–water partition coefficient (Wildman–Crippen LogP) is 2.12. The molecule has 0 aromatic carbocycles. The molecule has 1 aliphatic carbocycles. The lowest BCUT2D eigenvalue weighted by molar-refractivity contribution is 0.0420. The van der Waals surface area contributed by atoms with E-state index >= 15 is 0 Å². The summed E-state index contributed by atoms with van der Waals surface area (Å²) in [6.45, 7) is 4.85. The van der Waals surface area contributed by atoms with E-state index < -0.39 is 0 Å². The molecule has 0 atom stereocenters. The molecule has 0 saturated heterocycles. The molecule has 0 aliphatic heterocycles. The van der Waals surface area contributed by atoms with E-state index in [1.807, 2.05) is 6.07 Å². The molecule has 1 aromatic rings. The molecule has 17 heavy (non-hydrogen) atoms. The van der Waals surface area contributed by atoms with Crippen LogP contribution in [0, 0.1) is 12.8 Å². The Balaban J connectivity index is 1.86. The normalized spacial score (nSPS) is 23.2. The van der Waals surface area contributed by atoms with Crippen LogP contribution in [0.2, 0.25) is 0 Å². The lowest BCUT2D eigenvalue weighted by Crippen LogP contribution is -2.38. The summed E-state index contributed by atoms with van der Waals surface area (Å²) >= 11 is 1.56. The third-order valence-corrected chi connectivity index (χ3v) is 4.48. The smallest absolute Gasteiger partial charge is 0.261 e. The van der Waals surface area contributed by atoms with Gasteiger partial charge in [-0.05, 0) is 43.7 Å². The zero-order valence-electron chi connectivity index (χ0n) is 10.3. The number of carbonyl (C=O) groups excluding carboxylic acids is 1. The van der Waals surface area contributed by atoms with Crippen LogP contribution in [0.4, 0.5) is 0 Å². The summed E-state index contributed by atoms with van der Waals surface area (Å²) in [4.78, 5) is 13.9. The van der Waals surface area contributed by atoms with Gasteiger partial charge in [0, 0.05) is 11.4 Å². The fourth-order valence-electron chi connectivity index (χ4n) is 2.17. The summed E-state index contributed by atoms with van der Waals surface area (Å²) in [5.41, 5.74) is 1.26. The second kappa shape index (κ2) is 5.19. The van der Waals surface area contributed by atoms with E-state index in [1.54, 1.807) is 11.3 Å². The van der Waals surface area contributed by atoms with Gasteiger partial charge in [0.05, 0.1) is 11.0 Å². The lowest BCUT2D eigenvalue weighted by Gasteiger charge is -2.31. The maximum Gasteiger partial charge on any atom is 0.261 e. The summed E-state index contributed by atoms with van der Waals surface area (Å²) in [5, 5.41) is 12.1. The summed E-state index contributed by atoms with van der Waals surface area (Å²) in [7, 11) is 0. The van der Waals surface area contributed by atoms with Gasteiger partial charge in [0.15, 0.2) is 0 Å². The van der Waals surface area contributed by atoms with Crippen molar-refractivity contribution < 1.29 is 9.90 Å². The minimum Gasteiger partial charge on any atom is -0.393 e. The number of aliphatic hydroxyl groups is 1. The highest BCUT2D eigenvalue weighted by molar-refractivity contribution is 7.14. The quantitative estimate of drug-likeness (QED) is 0.863. The molecule has 1 saturated carbocycles. The van der Waals surface area contributed by atoms with Gasteiger partial charge in [-0.2, -0.15) is 0 Å². The van der Waals surface area contributed by atoms with Crippen molar-refractivity contribution in [1.82, 2.24) is 5.32 Å². The number of hydrogen-bond donors (Lipinski definition) is 2. The van der Waals surface area contributed by atoms with Crippen LogP contribution >= 0.6 is 11.3 Å². The van der Waals surface area contributed by atoms with E-state index in [4.69, 9.17) is 5.11 Å². The highest BCUT2D eigenvalue weighted by atomic mass is 32.1. The molecule has 1 amide bonds. The molecular weight excluding hydrogens is 234 g/mol. The first-order valence-electron chi connectivity index (χ1n) is 6.15. The standard InChI is InChI=1S/C13H19NO2S/c1-3-10-6-12(17-8(10)2)13(16)14-7-9-4-11(15)5-9/h6,9,11,15H,3-5,7H2,1-2H3,(H,14,16). The zero-order valence-corrected chi connectivity index (χ0v) is 11.1. The molecule has 2 rings (SSSR count). The van der Waals surface area contributed by atoms with Crippen molar-refractivity contribution in [3.63, 3.8) is 0 Å². The van der Waals surface area contributed by atoms with Gasteiger partial charge in [-0.1, -0.05) is 6.92 Å². The van der Waals surface area contributed by atoms with Crippen molar-refractivity contribution in [1.29, 1.82) is 0 Å². The maximum atomic E-state index is 11.9. The van der Waals surface area contributed by atoms with E-state index in [1.165, 1.54) is 10.4 Å². The summed E-state index contributed by atoms with van der Waals surface area (Å²) in [6, 6.07) is 1.99. The lowest BCUT2D eigenvalue weighted by atomic mass is 9.82. The Kier molecular flexibility index (Phi) is 3.84. The second-order valence-corrected chi connectivity index (χ2v) is 6.00. The fourth-order valence-corrected chi connectivity index (χ4v) is 3.20. The topological polar surface area (TPSA) is 49.3 Å². The van der Waals surface area contributed by atoms with Crippen LogP contribution in [0.25, 0.3) is 0 Å². The van der Waals surface area contributed by atoms with Gasteiger partial charge >= 0.3 is 0 Å². The van der Waals surface area contributed by atoms with Gasteiger partial charge in [0.1, 0.15) is 0 Å². The SMILES string of the molecule is CCc1cc(C(=O)NCC2CC(O)C2)sc1C. The predicted molar refractivity (Wildman–Crippen MR) is 69.5 cm³/mol. The number of hydrogen-bond acceptors (Lipinski definition) is 3. The second-order valence-electron chi connectivity index (χ2n) is 4.75. The van der Waals surface area contributed by atoms with E-state index in [2.05, 4.69) is 19.2 Å². The average Bonchev–Trinajstić information content (AvgIpc) is 2.64. The first-order chi connectivity index (χ1) is 8.10. The number of aliphatic hydroxyl groups excluding tert-OH is 1. The van der Waals surface area contributed by atoms with Crippen LogP contribution in [0.5, 0.6) is 0 Å². The maximum absolute atomic E-state index is 11.9. The molecule has 0 bridgehead atoms. The molecule has 94 valence electrons. The summed E-state index contributed by atoms with van der Waals surface area (Å²) in [5.74, 6) is 0.486. The van der Waals surface area contributed by atoms with Crippen LogP contribution in [-0.4, -0.2) is 23.7 Å². The van der Waals surface area contributed by atoms with Gasteiger partial charge in [-0.25, -0.2) is 0 Å². The highest BCUT2D eigenvalue weighted by Gasteiger charge is 2.27. The number of nitrogens with one attached hydrogen (secondary N) is 1. The van der Waals surface area contributed by atoms with Crippen molar-refractivity contribution in [3.8, 4) is 0 Å². The van der Waals surface area contributed by atoms with Crippen molar-refractivity contribution in [2.24, 2.45) is 5.92 Å². The largest absolute Gasteiger partial charge is 0.393 e. The summed E-state index contributed by atoms with van der Waals surface area (Å²) in [6.07, 6.45) is 2.48. The third kappa shape index (κ3) is 2.87. The number of thiophene rings is 1. The van der Waals surface area contributed by atoms with Crippen LogP contribution in [0.3, 0.4) is 0 Å². The average molecular weight is 253 g/mol. The minimum absolute atomic E-state index is 0.0270. The molecule has 0 spiro atoms. The fraction of sp³-hybridized carbons (Fsp3) is 0.615. The third-order valence-electron chi connectivity index (χ3n) is 3.39. The molecule has 0 unspecified atom stereocenters. The Morgan fingerprint density at radius 1 is 1.59 bits per heavy atom.